The Balaban J connectivity index is 5.26. The number of amides is 1. The summed E-state index contributed by atoms with van der Waals surface area (Å²) in [5, 5.41) is 3.03. The Morgan fingerprint density at radius 3 is 1.47 bits per heavy atom. The van der Waals surface area contributed by atoms with Crippen molar-refractivity contribution in [3.8, 4) is 0 Å². The summed E-state index contributed by atoms with van der Waals surface area (Å²) in [6.45, 7) is 6.71. The van der Waals surface area contributed by atoms with Gasteiger partial charge in [-0.3, -0.25) is 18.6 Å². The number of phosphoric ester groups is 1. The van der Waals surface area contributed by atoms with Gasteiger partial charge >= 0.3 is 13.8 Å². The van der Waals surface area contributed by atoms with Gasteiger partial charge in [-0.25, -0.2) is 4.57 Å². The van der Waals surface area contributed by atoms with E-state index in [1.807, 2.05) is 39.4 Å². The lowest BCUT2D eigenvalue weighted by Gasteiger charge is -2.27. The second-order valence-corrected chi connectivity index (χ2v) is 21.9. The molecule has 0 saturated heterocycles. The van der Waals surface area contributed by atoms with Gasteiger partial charge in [-0.2, -0.15) is 0 Å². The first-order valence-electron chi connectivity index (χ1n) is 29.2. The fourth-order valence-corrected chi connectivity index (χ4v) is 8.52. The number of nitrogens with one attached hydrogen (secondary N) is 1. The number of phosphoric acid groups is 1. The van der Waals surface area contributed by atoms with Crippen molar-refractivity contribution < 1.29 is 37.3 Å². The standard InChI is InChI=1S/C63H109N2O7P/c1-7-10-13-16-19-22-25-27-28-29-30-31-32-33-34-35-36-38-41-44-47-50-53-56-63(67)72-61(54-51-48-45-42-39-24-21-18-15-12-9-3)60(59-71-73(68,69)70-58-57-65(4,5)6)64-62(66)55-52-49-46-43-40-37-26-23-20-17-14-11-8-2/h10-11,13-14,17,19-20,22-23,26-28,30-31,33-34,51,54,60-61H,7-9,12,15-16,18,21,24-25,29,32,35-50,52-53,55-59H2,1-6H3,(H-,64,66,68,69)/p+1/b13-10-,14-11+,20-17+,22-19-,26-23-,28-27-,31-30-,34-33-,54-51-. The second kappa shape index (κ2) is 52.1. The summed E-state index contributed by atoms with van der Waals surface area (Å²) in [5.41, 5.74) is 0. The number of esters is 1. The highest BCUT2D eigenvalue weighted by atomic mass is 31.2. The van der Waals surface area contributed by atoms with Crippen LogP contribution in [-0.4, -0.2) is 74.3 Å². The van der Waals surface area contributed by atoms with Gasteiger partial charge in [0.2, 0.25) is 5.91 Å². The summed E-state index contributed by atoms with van der Waals surface area (Å²) in [6, 6.07) is -0.869. The second-order valence-electron chi connectivity index (χ2n) is 20.5. The molecule has 0 aliphatic heterocycles. The number of nitrogens with zero attached hydrogens (tertiary/aromatic N) is 1. The monoisotopic (exact) mass is 1040 g/mol. The molecule has 0 aliphatic carbocycles. The predicted octanol–water partition coefficient (Wildman–Crippen LogP) is 17.8. The number of likely N-dealkylation sites (N-methyl/N-ethyl adjacent to an activating group) is 1. The average Bonchev–Trinajstić information content (AvgIpc) is 3.35. The largest absolute Gasteiger partial charge is 0.472 e. The molecular formula is C63H110N2O7P+. The molecule has 0 aromatic heterocycles. The van der Waals surface area contributed by atoms with Crippen molar-refractivity contribution in [2.75, 3.05) is 40.9 Å². The minimum absolute atomic E-state index is 0.0282. The summed E-state index contributed by atoms with van der Waals surface area (Å²) in [4.78, 5) is 37.6. The van der Waals surface area contributed by atoms with Crippen LogP contribution in [0.15, 0.2) is 109 Å². The SMILES string of the molecule is CC/C=C\C/C=C\C/C=C\C/C=C\C/C=C\CCCCCCCCCC(=O)OC(/C=C\CCCCCCCCCCC)C(COP(=O)(O)OCC[N+](C)(C)C)NC(=O)CCCCCCC\C=C/C=C/C=C/CC. The van der Waals surface area contributed by atoms with Crippen LogP contribution in [-0.2, 0) is 27.9 Å². The van der Waals surface area contributed by atoms with Gasteiger partial charge in [-0.1, -0.05) is 227 Å². The van der Waals surface area contributed by atoms with Crippen LogP contribution < -0.4 is 5.32 Å². The van der Waals surface area contributed by atoms with E-state index >= 15 is 0 Å². The molecule has 2 N–H and O–H groups in total. The van der Waals surface area contributed by atoms with Gasteiger partial charge in [-0.15, -0.1) is 0 Å². The molecule has 0 bridgehead atoms. The molecule has 0 aromatic rings. The molecule has 73 heavy (non-hydrogen) atoms. The van der Waals surface area contributed by atoms with E-state index in [1.165, 1.54) is 64.2 Å². The number of quaternary nitrogens is 1. The van der Waals surface area contributed by atoms with Gasteiger partial charge in [0.15, 0.2) is 0 Å². The lowest BCUT2D eigenvalue weighted by Crippen LogP contribution is -2.47. The topological polar surface area (TPSA) is 111 Å². The number of hydrogen-bond donors (Lipinski definition) is 2. The highest BCUT2D eigenvalue weighted by Gasteiger charge is 2.30. The van der Waals surface area contributed by atoms with E-state index < -0.39 is 20.0 Å². The number of carbonyl (C=O) groups excluding carboxylic acids is 2. The van der Waals surface area contributed by atoms with E-state index in [1.54, 1.807) is 0 Å². The Hall–Kier alpha value is -3.33. The van der Waals surface area contributed by atoms with Crippen molar-refractivity contribution in [2.24, 2.45) is 0 Å². The zero-order chi connectivity index (χ0) is 53.6. The molecule has 418 valence electrons. The predicted molar refractivity (Wildman–Crippen MR) is 313 cm³/mol. The molecule has 0 spiro atoms. The quantitative estimate of drug-likeness (QED) is 0.0156. The number of carbonyl (C=O) groups is 2. The van der Waals surface area contributed by atoms with Crippen molar-refractivity contribution in [2.45, 2.75) is 238 Å². The normalized spacial score (nSPS) is 14.6. The number of unbranched alkanes of at least 4 members (excludes halogenated alkanes) is 21. The molecule has 10 heteroatoms. The lowest BCUT2D eigenvalue weighted by molar-refractivity contribution is -0.870. The molecule has 1 amide bonds. The van der Waals surface area contributed by atoms with Crippen molar-refractivity contribution in [3.05, 3.63) is 109 Å². The van der Waals surface area contributed by atoms with Crippen LogP contribution in [0.2, 0.25) is 0 Å². The highest BCUT2D eigenvalue weighted by Crippen LogP contribution is 2.43. The Morgan fingerprint density at radius 1 is 0.507 bits per heavy atom. The fraction of sp³-hybridized carbons (Fsp3) is 0.683. The summed E-state index contributed by atoms with van der Waals surface area (Å²) < 4.78 is 30.6. The van der Waals surface area contributed by atoms with E-state index in [0.717, 1.165) is 128 Å². The van der Waals surface area contributed by atoms with Crippen LogP contribution in [0.25, 0.3) is 0 Å². The van der Waals surface area contributed by atoms with Crippen LogP contribution in [0, 0.1) is 0 Å². The van der Waals surface area contributed by atoms with Gasteiger partial charge in [0, 0.05) is 12.8 Å². The van der Waals surface area contributed by atoms with E-state index in [9.17, 15) is 19.0 Å². The van der Waals surface area contributed by atoms with Gasteiger partial charge in [0.25, 0.3) is 0 Å². The van der Waals surface area contributed by atoms with Crippen molar-refractivity contribution in [3.63, 3.8) is 0 Å². The molecule has 0 aliphatic rings. The molecule has 3 unspecified atom stereocenters. The maximum atomic E-state index is 13.5. The first-order chi connectivity index (χ1) is 35.4. The first-order valence-corrected chi connectivity index (χ1v) is 30.7. The van der Waals surface area contributed by atoms with Crippen molar-refractivity contribution in [1.29, 1.82) is 0 Å². The number of allylic oxidation sites excluding steroid dienone is 17. The van der Waals surface area contributed by atoms with Gasteiger partial charge in [-0.05, 0) is 96.0 Å². The number of rotatable bonds is 51. The number of ether oxygens (including phenoxy) is 1. The van der Waals surface area contributed by atoms with Crippen LogP contribution in [0.5, 0.6) is 0 Å². The Bertz CT molecular complexity index is 1620. The molecule has 0 fully saturated rings. The minimum atomic E-state index is -4.46. The fourth-order valence-electron chi connectivity index (χ4n) is 7.79. The highest BCUT2D eigenvalue weighted by molar-refractivity contribution is 7.47. The third-order valence-corrected chi connectivity index (χ3v) is 13.3. The molecule has 0 heterocycles. The minimum Gasteiger partial charge on any atom is -0.456 e. The van der Waals surface area contributed by atoms with Crippen molar-refractivity contribution in [1.82, 2.24) is 5.32 Å². The Kier molecular flexibility index (Phi) is 49.7. The molecule has 0 rings (SSSR count). The molecule has 0 saturated carbocycles. The maximum Gasteiger partial charge on any atom is 0.472 e. The third kappa shape index (κ3) is 53.3. The first kappa shape index (κ1) is 69.7. The number of hydrogen-bond acceptors (Lipinski definition) is 6. The molecule has 9 nitrogen and oxygen atoms in total. The van der Waals surface area contributed by atoms with Crippen LogP contribution in [0.1, 0.15) is 226 Å². The molecule has 3 atom stereocenters. The van der Waals surface area contributed by atoms with E-state index in [-0.39, 0.29) is 31.5 Å². The molecule has 0 aromatic carbocycles. The van der Waals surface area contributed by atoms with Crippen molar-refractivity contribution >= 4 is 19.7 Å². The van der Waals surface area contributed by atoms with E-state index in [4.69, 9.17) is 13.8 Å². The van der Waals surface area contributed by atoms with E-state index in [2.05, 4.69) is 117 Å². The average molecular weight is 1040 g/mol. The van der Waals surface area contributed by atoms with Gasteiger partial charge in [0.05, 0.1) is 33.8 Å². The molecule has 0 radical (unpaired) electrons. The van der Waals surface area contributed by atoms with Crippen LogP contribution >= 0.6 is 7.82 Å². The molecular weight excluding hydrogens is 928 g/mol. The Morgan fingerprint density at radius 2 is 0.945 bits per heavy atom. The van der Waals surface area contributed by atoms with Crippen LogP contribution in [0.3, 0.4) is 0 Å². The van der Waals surface area contributed by atoms with Gasteiger partial charge < -0.3 is 19.4 Å². The summed E-state index contributed by atoms with van der Waals surface area (Å²) in [5.74, 6) is -0.551. The zero-order valence-corrected chi connectivity index (χ0v) is 48.5. The lowest BCUT2D eigenvalue weighted by atomic mass is 10.1. The smallest absolute Gasteiger partial charge is 0.456 e. The maximum absolute atomic E-state index is 13.5. The summed E-state index contributed by atoms with van der Waals surface area (Å²) >= 11 is 0. The summed E-state index contributed by atoms with van der Waals surface area (Å²) in [6.07, 6.45) is 70.9. The summed E-state index contributed by atoms with van der Waals surface area (Å²) in [7, 11) is 1.46. The third-order valence-electron chi connectivity index (χ3n) is 12.3. The van der Waals surface area contributed by atoms with Crippen LogP contribution in [0.4, 0.5) is 0 Å². The zero-order valence-electron chi connectivity index (χ0n) is 47.6. The van der Waals surface area contributed by atoms with Gasteiger partial charge in [0.1, 0.15) is 19.3 Å². The van der Waals surface area contributed by atoms with E-state index in [0.29, 0.717) is 17.4 Å². The Labute approximate surface area is 449 Å².